The Balaban J connectivity index is 1.89. The first-order chi connectivity index (χ1) is 14.9. The van der Waals surface area contributed by atoms with Crippen LogP contribution in [-0.4, -0.2) is 29.9 Å². The molecule has 2 aromatic heterocycles. The van der Waals surface area contributed by atoms with Gasteiger partial charge in [0, 0.05) is 13.6 Å². The fraction of sp³-hybridized carbons (Fsp3) is 0.455. The molecule has 1 aromatic carbocycles. The number of fused-ring (bicyclic) bond motifs is 1. The first-order valence-corrected chi connectivity index (χ1v) is 10.7. The van der Waals surface area contributed by atoms with Crippen LogP contribution < -0.4 is 16.7 Å². The minimum atomic E-state index is -0.503. The summed E-state index contributed by atoms with van der Waals surface area (Å²) in [4.78, 5) is 31.4. The molecule has 0 aliphatic heterocycles. The first kappa shape index (κ1) is 22.3. The van der Waals surface area contributed by atoms with E-state index in [2.05, 4.69) is 27.4 Å². The molecular formula is C22H30N6O3. The van der Waals surface area contributed by atoms with Gasteiger partial charge in [0.2, 0.25) is 5.95 Å². The Kier molecular flexibility index (Phi) is 7.28. The van der Waals surface area contributed by atoms with Crippen molar-refractivity contribution < 1.29 is 5.11 Å². The highest BCUT2D eigenvalue weighted by molar-refractivity contribution is 5.99. The molecule has 3 aromatic rings. The van der Waals surface area contributed by atoms with Crippen LogP contribution >= 0.6 is 0 Å². The largest absolute Gasteiger partial charge is 0.508 e. The number of aryl methyl sites for hydroxylation is 2. The molecule has 0 atom stereocenters. The third-order valence-electron chi connectivity index (χ3n) is 5.35. The highest BCUT2D eigenvalue weighted by atomic mass is 16.3. The molecule has 0 saturated heterocycles. The smallest absolute Gasteiger partial charge is 0.329 e. The summed E-state index contributed by atoms with van der Waals surface area (Å²) in [5.41, 5.74) is 4.22. The molecule has 31 heavy (non-hydrogen) atoms. The Bertz CT molecular complexity index is 1170. The average Bonchev–Trinajstić information content (AvgIpc) is 3.12. The molecule has 9 heteroatoms. The van der Waals surface area contributed by atoms with Crippen molar-refractivity contribution in [2.75, 3.05) is 5.43 Å². The summed E-state index contributed by atoms with van der Waals surface area (Å²) in [6, 6.07) is 6.72. The molecule has 0 radical (unpaired) electrons. The molecule has 0 fully saturated rings. The fourth-order valence-electron chi connectivity index (χ4n) is 3.49. The number of rotatable bonds is 10. The van der Waals surface area contributed by atoms with E-state index in [0.29, 0.717) is 29.4 Å². The van der Waals surface area contributed by atoms with E-state index in [1.165, 1.54) is 23.8 Å². The van der Waals surface area contributed by atoms with Gasteiger partial charge in [0.1, 0.15) is 5.75 Å². The number of phenols is 1. The van der Waals surface area contributed by atoms with Gasteiger partial charge in [0.05, 0.1) is 5.71 Å². The van der Waals surface area contributed by atoms with E-state index >= 15 is 0 Å². The summed E-state index contributed by atoms with van der Waals surface area (Å²) in [5, 5.41) is 13.9. The van der Waals surface area contributed by atoms with Crippen molar-refractivity contribution in [3.8, 4) is 5.75 Å². The number of H-pyrrole nitrogens is 1. The number of unbranched alkanes of at least 4 members (excludes halogenated alkanes) is 5. The molecule has 3 rings (SSSR count). The van der Waals surface area contributed by atoms with Gasteiger partial charge in [-0.15, -0.1) is 0 Å². The van der Waals surface area contributed by atoms with Crippen molar-refractivity contribution in [2.24, 2.45) is 12.1 Å². The van der Waals surface area contributed by atoms with Crippen molar-refractivity contribution >= 4 is 22.8 Å². The Labute approximate surface area is 180 Å². The number of imidazole rings is 1. The van der Waals surface area contributed by atoms with Gasteiger partial charge in [-0.25, -0.2) is 10.2 Å². The standard InChI is InChI=1S/C22H30N6O3/c1-4-5-6-7-8-9-14-28-18-19(27(3)22(31)24-20(18)30)23-21(28)26-25-15(2)16-10-12-17(29)13-11-16/h10-13,29H,4-9,14H2,1-3H3,(H,23,26)(H,24,30,31)/b25-15-. The molecule has 9 nitrogen and oxygen atoms in total. The van der Waals surface area contributed by atoms with E-state index in [0.717, 1.165) is 24.8 Å². The van der Waals surface area contributed by atoms with E-state index in [-0.39, 0.29) is 5.75 Å². The maximum atomic E-state index is 12.5. The van der Waals surface area contributed by atoms with E-state index in [9.17, 15) is 14.7 Å². The maximum absolute atomic E-state index is 12.5. The number of anilines is 1. The van der Waals surface area contributed by atoms with Gasteiger partial charge in [0.15, 0.2) is 11.2 Å². The predicted octanol–water partition coefficient (Wildman–Crippen LogP) is 3.33. The minimum absolute atomic E-state index is 0.186. The van der Waals surface area contributed by atoms with Crippen molar-refractivity contribution in [1.29, 1.82) is 0 Å². The van der Waals surface area contributed by atoms with Crippen LogP contribution in [0.3, 0.4) is 0 Å². The van der Waals surface area contributed by atoms with Gasteiger partial charge in [-0.1, -0.05) is 39.0 Å². The third-order valence-corrected chi connectivity index (χ3v) is 5.35. The Hall–Kier alpha value is -3.36. The second-order valence-corrected chi connectivity index (χ2v) is 7.70. The molecule has 166 valence electrons. The summed E-state index contributed by atoms with van der Waals surface area (Å²) in [6.07, 6.45) is 6.73. The van der Waals surface area contributed by atoms with Crippen molar-refractivity contribution in [3.63, 3.8) is 0 Å². The van der Waals surface area contributed by atoms with Crippen molar-refractivity contribution in [1.82, 2.24) is 19.1 Å². The summed E-state index contributed by atoms with van der Waals surface area (Å²) < 4.78 is 3.12. The van der Waals surface area contributed by atoms with Crippen LogP contribution in [0.2, 0.25) is 0 Å². The lowest BCUT2D eigenvalue weighted by molar-refractivity contribution is 0.475. The zero-order valence-electron chi connectivity index (χ0n) is 18.3. The van der Waals surface area contributed by atoms with E-state index in [4.69, 9.17) is 0 Å². The molecule has 0 unspecified atom stereocenters. The third kappa shape index (κ3) is 5.22. The van der Waals surface area contributed by atoms with Crippen molar-refractivity contribution in [3.05, 3.63) is 50.7 Å². The lowest BCUT2D eigenvalue weighted by atomic mass is 10.1. The summed E-state index contributed by atoms with van der Waals surface area (Å²) >= 11 is 0. The number of hydrazone groups is 1. The van der Waals surface area contributed by atoms with E-state index < -0.39 is 11.2 Å². The van der Waals surface area contributed by atoms with Crippen LogP contribution in [-0.2, 0) is 13.6 Å². The zero-order chi connectivity index (χ0) is 22.4. The van der Waals surface area contributed by atoms with Crippen LogP contribution in [0.1, 0.15) is 57.9 Å². The van der Waals surface area contributed by atoms with E-state index in [1.54, 1.807) is 35.9 Å². The van der Waals surface area contributed by atoms with Crippen LogP contribution in [0.25, 0.3) is 11.2 Å². The molecular weight excluding hydrogens is 396 g/mol. The second kappa shape index (κ2) is 10.1. The number of hydrogen-bond acceptors (Lipinski definition) is 6. The zero-order valence-corrected chi connectivity index (χ0v) is 18.3. The SMILES string of the molecule is CCCCCCCCn1c(N/N=C(/C)c2ccc(O)cc2)nc2c1c(=O)[nH]c(=O)n2C. The maximum Gasteiger partial charge on any atom is 0.329 e. The van der Waals surface area contributed by atoms with Gasteiger partial charge >= 0.3 is 5.69 Å². The number of nitrogens with zero attached hydrogens (tertiary/aromatic N) is 4. The summed E-state index contributed by atoms with van der Waals surface area (Å²) in [5.74, 6) is 0.596. The number of aromatic hydroxyl groups is 1. The lowest BCUT2D eigenvalue weighted by Crippen LogP contribution is -2.29. The summed E-state index contributed by atoms with van der Waals surface area (Å²) in [6.45, 7) is 4.62. The molecule has 0 saturated carbocycles. The molecule has 0 spiro atoms. The van der Waals surface area contributed by atoms with Crippen LogP contribution in [0, 0.1) is 0 Å². The number of benzene rings is 1. The van der Waals surface area contributed by atoms with Crippen LogP contribution in [0.15, 0.2) is 39.0 Å². The topological polar surface area (TPSA) is 117 Å². The highest BCUT2D eigenvalue weighted by Crippen LogP contribution is 2.18. The molecule has 0 bridgehead atoms. The molecule has 0 aliphatic carbocycles. The molecule has 0 aliphatic rings. The normalized spacial score (nSPS) is 11.9. The van der Waals surface area contributed by atoms with Gasteiger partial charge < -0.3 is 9.67 Å². The number of aromatic nitrogens is 4. The van der Waals surface area contributed by atoms with Gasteiger partial charge in [-0.05, 0) is 43.2 Å². The number of phenolic OH excluding ortho intramolecular Hbond substituents is 1. The fourth-order valence-corrected chi connectivity index (χ4v) is 3.49. The second-order valence-electron chi connectivity index (χ2n) is 7.70. The van der Waals surface area contributed by atoms with Gasteiger partial charge in [-0.2, -0.15) is 10.1 Å². The van der Waals surface area contributed by atoms with Crippen LogP contribution in [0.4, 0.5) is 5.95 Å². The lowest BCUT2D eigenvalue weighted by Gasteiger charge is -2.09. The van der Waals surface area contributed by atoms with E-state index in [1.807, 2.05) is 6.92 Å². The number of aromatic amines is 1. The quantitative estimate of drug-likeness (QED) is 0.261. The molecule has 0 amide bonds. The monoisotopic (exact) mass is 426 g/mol. The van der Waals surface area contributed by atoms with Crippen LogP contribution in [0.5, 0.6) is 5.75 Å². The molecule has 3 N–H and O–H groups in total. The molecule has 2 heterocycles. The highest BCUT2D eigenvalue weighted by Gasteiger charge is 2.17. The van der Waals surface area contributed by atoms with Crippen molar-refractivity contribution in [2.45, 2.75) is 58.9 Å². The Morgan fingerprint density at radius 2 is 1.81 bits per heavy atom. The number of nitrogens with one attached hydrogen (secondary N) is 2. The predicted molar refractivity (Wildman–Crippen MR) is 123 cm³/mol. The Morgan fingerprint density at radius 1 is 1.13 bits per heavy atom. The summed E-state index contributed by atoms with van der Waals surface area (Å²) in [7, 11) is 1.58. The number of hydrogen-bond donors (Lipinski definition) is 3. The minimum Gasteiger partial charge on any atom is -0.508 e. The first-order valence-electron chi connectivity index (χ1n) is 10.7. The Morgan fingerprint density at radius 3 is 2.52 bits per heavy atom. The average molecular weight is 427 g/mol. The van der Waals surface area contributed by atoms with Gasteiger partial charge in [0.25, 0.3) is 5.56 Å². The van der Waals surface area contributed by atoms with Gasteiger partial charge in [-0.3, -0.25) is 14.3 Å².